The van der Waals surface area contributed by atoms with Gasteiger partial charge in [-0.05, 0) is 6.92 Å². The molecule has 0 spiro atoms. The van der Waals surface area contributed by atoms with Gasteiger partial charge in [0.2, 0.25) is 0 Å². The van der Waals surface area contributed by atoms with Crippen molar-refractivity contribution in [2.24, 2.45) is 7.05 Å². The van der Waals surface area contributed by atoms with Gasteiger partial charge in [0.05, 0.1) is 18.4 Å². The Morgan fingerprint density at radius 2 is 2.42 bits per heavy atom. The summed E-state index contributed by atoms with van der Waals surface area (Å²) in [7, 11) is 1.90. The third-order valence-corrected chi connectivity index (χ3v) is 1.91. The fraction of sp³-hybridized carbons (Fsp3) is 0.500. The number of hydrogen-bond donors (Lipinski definition) is 1. The van der Waals surface area contributed by atoms with Crippen molar-refractivity contribution < 1.29 is 9.90 Å². The molecule has 0 unspecified atom stereocenters. The molecule has 0 atom stereocenters. The van der Waals surface area contributed by atoms with E-state index < -0.39 is 5.97 Å². The normalized spacial score (nSPS) is 10.2. The molecule has 1 rings (SSSR count). The van der Waals surface area contributed by atoms with Crippen molar-refractivity contribution in [1.29, 1.82) is 0 Å². The third kappa shape index (κ3) is 1.84. The highest BCUT2D eigenvalue weighted by Gasteiger charge is 2.05. The fourth-order valence-electron chi connectivity index (χ4n) is 1.01. The van der Waals surface area contributed by atoms with Crippen LogP contribution in [0.15, 0.2) is 6.33 Å². The fourth-order valence-corrected chi connectivity index (χ4v) is 1.01. The molecule has 1 N–H and O–H groups in total. The maximum atomic E-state index is 10.3. The molecule has 1 heterocycles. The van der Waals surface area contributed by atoms with Gasteiger partial charge in [-0.1, -0.05) is 0 Å². The van der Waals surface area contributed by atoms with Crippen molar-refractivity contribution in [3.63, 3.8) is 0 Å². The van der Waals surface area contributed by atoms with Gasteiger partial charge in [-0.3, -0.25) is 4.79 Å². The van der Waals surface area contributed by atoms with Gasteiger partial charge in [0.1, 0.15) is 0 Å². The molecule has 4 heteroatoms. The van der Waals surface area contributed by atoms with E-state index in [4.69, 9.17) is 5.11 Å². The number of aryl methyl sites for hydroxylation is 2. The lowest BCUT2D eigenvalue weighted by atomic mass is 10.2. The molecule has 4 nitrogen and oxygen atoms in total. The zero-order valence-electron chi connectivity index (χ0n) is 7.24. The van der Waals surface area contributed by atoms with Gasteiger partial charge < -0.3 is 9.67 Å². The molecule has 0 aliphatic carbocycles. The number of aliphatic carboxylic acids is 1. The third-order valence-electron chi connectivity index (χ3n) is 1.91. The van der Waals surface area contributed by atoms with Gasteiger partial charge in [0.15, 0.2) is 0 Å². The number of carbonyl (C=O) groups is 1. The highest BCUT2D eigenvalue weighted by atomic mass is 16.4. The van der Waals surface area contributed by atoms with E-state index in [-0.39, 0.29) is 6.42 Å². The Kier molecular flexibility index (Phi) is 2.47. The van der Waals surface area contributed by atoms with Crippen LogP contribution >= 0.6 is 0 Å². The van der Waals surface area contributed by atoms with Crippen LogP contribution in [0.1, 0.15) is 17.8 Å². The van der Waals surface area contributed by atoms with Gasteiger partial charge in [-0.15, -0.1) is 0 Å². The van der Waals surface area contributed by atoms with Gasteiger partial charge >= 0.3 is 5.97 Å². The highest BCUT2D eigenvalue weighted by molar-refractivity contribution is 5.67. The first-order chi connectivity index (χ1) is 5.61. The second-order valence-electron chi connectivity index (χ2n) is 2.78. The minimum atomic E-state index is -0.778. The van der Waals surface area contributed by atoms with E-state index in [1.165, 1.54) is 0 Å². The van der Waals surface area contributed by atoms with Crippen molar-refractivity contribution in [2.75, 3.05) is 0 Å². The van der Waals surface area contributed by atoms with Gasteiger partial charge in [-0.2, -0.15) is 0 Å². The number of hydrogen-bond acceptors (Lipinski definition) is 2. The lowest BCUT2D eigenvalue weighted by molar-refractivity contribution is -0.136. The number of carboxylic acids is 1. The summed E-state index contributed by atoms with van der Waals surface area (Å²) in [5.41, 5.74) is 1.91. The second-order valence-corrected chi connectivity index (χ2v) is 2.78. The molecule has 0 bridgehead atoms. The lowest BCUT2D eigenvalue weighted by Gasteiger charge is -1.96. The zero-order valence-corrected chi connectivity index (χ0v) is 7.24. The minimum absolute atomic E-state index is 0.151. The van der Waals surface area contributed by atoms with Crippen molar-refractivity contribution in [3.8, 4) is 0 Å². The van der Waals surface area contributed by atoms with Crippen LogP contribution in [-0.4, -0.2) is 20.6 Å². The van der Waals surface area contributed by atoms with Crippen LogP contribution in [0.2, 0.25) is 0 Å². The molecule has 0 amide bonds. The molecule has 1 aromatic rings. The largest absolute Gasteiger partial charge is 0.481 e. The highest BCUT2D eigenvalue weighted by Crippen LogP contribution is 2.06. The molecule has 0 aromatic carbocycles. The van der Waals surface area contributed by atoms with E-state index in [0.29, 0.717) is 6.42 Å². The van der Waals surface area contributed by atoms with Crippen LogP contribution in [-0.2, 0) is 18.3 Å². The Hall–Kier alpha value is -1.32. The van der Waals surface area contributed by atoms with Gasteiger partial charge in [0.25, 0.3) is 0 Å². The molecular weight excluding hydrogens is 156 g/mol. The smallest absolute Gasteiger partial charge is 0.303 e. The number of nitrogens with zero attached hydrogens (tertiary/aromatic N) is 2. The average Bonchev–Trinajstić information content (AvgIpc) is 2.30. The Morgan fingerprint density at radius 1 is 1.75 bits per heavy atom. The van der Waals surface area contributed by atoms with Crippen molar-refractivity contribution >= 4 is 5.97 Å². The van der Waals surface area contributed by atoms with Crippen molar-refractivity contribution in [1.82, 2.24) is 9.55 Å². The molecule has 12 heavy (non-hydrogen) atoms. The monoisotopic (exact) mass is 168 g/mol. The summed E-state index contributed by atoms with van der Waals surface area (Å²) in [6.07, 6.45) is 2.37. The molecule has 0 saturated heterocycles. The van der Waals surface area contributed by atoms with Crippen molar-refractivity contribution in [3.05, 3.63) is 17.7 Å². The minimum Gasteiger partial charge on any atom is -0.481 e. The average molecular weight is 168 g/mol. The number of carboxylic acid groups (broad SMARTS) is 1. The summed E-state index contributed by atoms with van der Waals surface area (Å²) in [5.74, 6) is -0.778. The Morgan fingerprint density at radius 3 is 2.83 bits per heavy atom. The van der Waals surface area contributed by atoms with Crippen LogP contribution in [0.5, 0.6) is 0 Å². The lowest BCUT2D eigenvalue weighted by Crippen LogP contribution is -1.99. The van der Waals surface area contributed by atoms with Crippen LogP contribution in [0.4, 0.5) is 0 Å². The molecule has 0 fully saturated rings. The first-order valence-electron chi connectivity index (χ1n) is 3.80. The molecule has 0 saturated carbocycles. The zero-order chi connectivity index (χ0) is 9.14. The molecule has 1 aromatic heterocycles. The quantitative estimate of drug-likeness (QED) is 0.724. The molecule has 66 valence electrons. The van der Waals surface area contributed by atoms with E-state index in [0.717, 1.165) is 11.4 Å². The summed E-state index contributed by atoms with van der Waals surface area (Å²) in [6.45, 7) is 1.93. The van der Waals surface area contributed by atoms with E-state index in [1.54, 1.807) is 6.33 Å². The van der Waals surface area contributed by atoms with Crippen LogP contribution < -0.4 is 0 Å². The second kappa shape index (κ2) is 3.38. The summed E-state index contributed by atoms with van der Waals surface area (Å²) >= 11 is 0. The summed E-state index contributed by atoms with van der Waals surface area (Å²) in [5, 5.41) is 8.44. The summed E-state index contributed by atoms with van der Waals surface area (Å²) < 4.78 is 1.89. The first kappa shape index (κ1) is 8.77. The maximum absolute atomic E-state index is 10.3. The molecule has 0 aliphatic heterocycles. The Labute approximate surface area is 70.9 Å². The van der Waals surface area contributed by atoms with E-state index in [2.05, 4.69) is 4.98 Å². The number of aromatic nitrogens is 2. The maximum Gasteiger partial charge on any atom is 0.303 e. The first-order valence-corrected chi connectivity index (χ1v) is 3.80. The molecule has 0 radical (unpaired) electrons. The predicted octanol–water partition coefficient (Wildman–Crippen LogP) is 0.746. The summed E-state index contributed by atoms with van der Waals surface area (Å²) in [4.78, 5) is 14.3. The van der Waals surface area contributed by atoms with Crippen molar-refractivity contribution in [2.45, 2.75) is 19.8 Å². The number of rotatable bonds is 3. The van der Waals surface area contributed by atoms with Gasteiger partial charge in [-0.25, -0.2) is 4.98 Å². The topological polar surface area (TPSA) is 55.1 Å². The van der Waals surface area contributed by atoms with E-state index in [9.17, 15) is 4.79 Å². The van der Waals surface area contributed by atoms with Gasteiger partial charge in [0, 0.05) is 19.2 Å². The van der Waals surface area contributed by atoms with Crippen LogP contribution in [0.3, 0.4) is 0 Å². The van der Waals surface area contributed by atoms with Crippen LogP contribution in [0, 0.1) is 6.92 Å². The standard InChI is InChI=1S/C8H12N2O2/c1-6-7(3-4-8(11)12)9-5-10(6)2/h5H,3-4H2,1-2H3,(H,11,12). The van der Waals surface area contributed by atoms with E-state index >= 15 is 0 Å². The molecular formula is C8H12N2O2. The Bertz CT molecular complexity index is 291. The predicted molar refractivity (Wildman–Crippen MR) is 43.9 cm³/mol. The summed E-state index contributed by atoms with van der Waals surface area (Å²) in [6, 6.07) is 0. The number of imidazole rings is 1. The van der Waals surface area contributed by atoms with Crippen LogP contribution in [0.25, 0.3) is 0 Å². The molecule has 0 aliphatic rings. The SMILES string of the molecule is Cc1c(CCC(=O)O)ncn1C. The van der Waals surface area contributed by atoms with E-state index in [1.807, 2.05) is 18.5 Å². The Balaban J connectivity index is 2.63.